The third kappa shape index (κ3) is 4.60. The van der Waals surface area contributed by atoms with Crippen molar-refractivity contribution >= 4 is 61.4 Å². The van der Waals surface area contributed by atoms with E-state index in [1.54, 1.807) is 11.3 Å². The first-order chi connectivity index (χ1) is 24.0. The number of carbonyl (C=O) groups excluding carboxylic acids is 2. The molecule has 0 saturated heterocycles. The second-order valence-corrected chi connectivity index (χ2v) is 14.0. The van der Waals surface area contributed by atoms with Crippen LogP contribution in [0.25, 0.3) is 49.6 Å². The number of ketones is 1. The molecule has 0 aliphatic carbocycles. The Bertz CT molecular complexity index is 2570. The number of aryl methyl sites for hydroxylation is 1. The van der Waals surface area contributed by atoms with Crippen LogP contribution in [-0.4, -0.2) is 48.2 Å². The van der Waals surface area contributed by atoms with Crippen LogP contribution in [0.15, 0.2) is 47.3 Å². The highest BCUT2D eigenvalue weighted by Gasteiger charge is 2.34. The van der Waals surface area contributed by atoms with Gasteiger partial charge in [-0.1, -0.05) is 32.9 Å². The van der Waals surface area contributed by atoms with Gasteiger partial charge in [-0.3, -0.25) is 23.8 Å². The summed E-state index contributed by atoms with van der Waals surface area (Å²) in [5.74, 6) is -0.429. The molecule has 10 heteroatoms. The molecule has 8 rings (SSSR count). The summed E-state index contributed by atoms with van der Waals surface area (Å²) in [6, 6.07) is 13.8. The number of hydrogen-bond donors (Lipinski definition) is 2. The number of rotatable bonds is 5. The monoisotopic (exact) mass is 668 g/mol. The molecular weight excluding hydrogens is 628 g/mol. The number of hydrogen-bond acceptors (Lipinski definition) is 7. The highest BCUT2D eigenvalue weighted by molar-refractivity contribution is 6.27. The van der Waals surface area contributed by atoms with E-state index in [-0.39, 0.29) is 47.4 Å². The third-order valence-corrected chi connectivity index (χ3v) is 11.3. The van der Waals surface area contributed by atoms with Crippen LogP contribution in [-0.2, 0) is 14.3 Å². The van der Waals surface area contributed by atoms with Crippen LogP contribution in [0.1, 0.15) is 117 Å². The van der Waals surface area contributed by atoms with Gasteiger partial charge in [0.15, 0.2) is 11.4 Å². The van der Waals surface area contributed by atoms with E-state index in [4.69, 9.17) is 19.7 Å². The normalized spacial score (nSPS) is 19.9. The number of benzene rings is 1. The maximum Gasteiger partial charge on any atom is 0.305 e. The van der Waals surface area contributed by atoms with Crippen LogP contribution in [0.5, 0.6) is 0 Å². The number of esters is 1. The highest BCUT2D eigenvalue weighted by Crippen LogP contribution is 2.45. The second-order valence-electron chi connectivity index (χ2n) is 14.0. The lowest BCUT2D eigenvalue weighted by Gasteiger charge is -2.16. The van der Waals surface area contributed by atoms with Crippen LogP contribution < -0.4 is 5.56 Å². The maximum atomic E-state index is 14.9. The van der Waals surface area contributed by atoms with Crippen molar-refractivity contribution < 1.29 is 14.3 Å². The number of nitrogens with one attached hydrogen (secondary N) is 2. The number of imidazole rings is 1. The molecule has 2 N–H and O–H groups in total. The number of Topliss-reactive ketones (excluding diaryl/α,β-unsaturated/α-hetero) is 1. The third-order valence-electron chi connectivity index (χ3n) is 11.3. The van der Waals surface area contributed by atoms with E-state index in [1.807, 2.05) is 43.3 Å². The van der Waals surface area contributed by atoms with E-state index < -0.39 is 0 Å². The van der Waals surface area contributed by atoms with Gasteiger partial charge in [-0.25, -0.2) is 9.97 Å². The minimum Gasteiger partial charge on any atom is -0.469 e. The lowest BCUT2D eigenvalue weighted by atomic mass is 9.86. The van der Waals surface area contributed by atoms with E-state index in [0.717, 1.165) is 56.6 Å². The zero-order chi connectivity index (χ0) is 35.2. The summed E-state index contributed by atoms with van der Waals surface area (Å²) in [5, 5.41) is 1.34. The summed E-state index contributed by atoms with van der Waals surface area (Å²) in [5.41, 5.74) is 10.5. The van der Waals surface area contributed by atoms with Gasteiger partial charge in [0.25, 0.3) is 5.56 Å². The smallest absolute Gasteiger partial charge is 0.305 e. The molecule has 5 aromatic rings. The quantitative estimate of drug-likeness (QED) is 0.183. The molecule has 254 valence electrons. The fourth-order valence-corrected chi connectivity index (χ4v) is 8.48. The molecule has 3 aliphatic heterocycles. The van der Waals surface area contributed by atoms with Crippen molar-refractivity contribution in [2.45, 2.75) is 84.5 Å². The van der Waals surface area contributed by atoms with Crippen molar-refractivity contribution in [1.82, 2.24) is 29.3 Å². The number of carbonyl (C=O) groups is 2. The van der Waals surface area contributed by atoms with Gasteiger partial charge in [0.2, 0.25) is 0 Å². The zero-order valence-electron chi connectivity index (χ0n) is 29.4. The molecule has 4 aromatic heterocycles. The number of nitrogens with zero attached hydrogens (tertiary/aromatic N) is 4. The fourth-order valence-electron chi connectivity index (χ4n) is 8.48. The van der Waals surface area contributed by atoms with Crippen LogP contribution in [0.3, 0.4) is 0 Å². The first kappa shape index (κ1) is 31.9. The maximum absolute atomic E-state index is 14.9. The minimum atomic E-state index is -0.319. The summed E-state index contributed by atoms with van der Waals surface area (Å²) in [6.45, 7) is 12.0. The number of aromatic amines is 2. The number of fused-ring (bicyclic) bond motifs is 12. The SMILES string of the molecule is CC[C@H]1c2cc3[nH]c4c(c5nc(cc6nc(cc([nH]2)[C@@H]1C)C(C(C)=O)=C6C)[C@@H](C)[C@@H]5CCC(=O)OC)c(=O)n1c2ccccc2nc1c4c3C. The number of ether oxygens (including phenoxy) is 1. The summed E-state index contributed by atoms with van der Waals surface area (Å²) < 4.78 is 6.75. The van der Waals surface area contributed by atoms with E-state index in [1.165, 1.54) is 7.11 Å². The van der Waals surface area contributed by atoms with Gasteiger partial charge >= 0.3 is 5.97 Å². The largest absolute Gasteiger partial charge is 0.469 e. The molecule has 1 aromatic carbocycles. The first-order valence-corrected chi connectivity index (χ1v) is 17.4. The molecular formula is C40H40N6O4. The van der Waals surface area contributed by atoms with E-state index in [9.17, 15) is 14.4 Å². The molecule has 0 fully saturated rings. The molecule has 4 atom stereocenters. The number of pyridine rings is 1. The van der Waals surface area contributed by atoms with Crippen LogP contribution >= 0.6 is 0 Å². The molecule has 3 aliphatic rings. The van der Waals surface area contributed by atoms with Crippen molar-refractivity contribution in [1.29, 1.82) is 0 Å². The highest BCUT2D eigenvalue weighted by atomic mass is 16.5. The van der Waals surface area contributed by atoms with Crippen molar-refractivity contribution in [3.8, 4) is 0 Å². The Hall–Kier alpha value is -5.38. The van der Waals surface area contributed by atoms with Crippen LogP contribution in [0.4, 0.5) is 0 Å². The van der Waals surface area contributed by atoms with Crippen molar-refractivity contribution in [3.63, 3.8) is 0 Å². The topological polar surface area (TPSA) is 135 Å². The second kappa shape index (κ2) is 11.6. The Labute approximate surface area is 288 Å². The number of methoxy groups -OCH3 is 1. The van der Waals surface area contributed by atoms with E-state index in [0.29, 0.717) is 45.6 Å². The Morgan fingerprint density at radius 3 is 2.44 bits per heavy atom. The molecule has 0 unspecified atom stereocenters. The number of aromatic nitrogens is 6. The van der Waals surface area contributed by atoms with Gasteiger partial charge in [-0.15, -0.1) is 0 Å². The molecule has 50 heavy (non-hydrogen) atoms. The molecule has 0 saturated carbocycles. The van der Waals surface area contributed by atoms with Crippen molar-refractivity contribution in [2.75, 3.05) is 7.11 Å². The molecule has 8 bridgehead atoms. The number of H-pyrrole nitrogens is 2. The minimum absolute atomic E-state index is 0.0500. The standard InChI is InChI=1S/C40H40N6O4/c1-8-23-18(2)26-17-31-34(22(6)47)20(4)28(42-31)15-27-19(3)24(13-14-33(48)50-7)37(43-27)36-38-35(21(5)29(44-38)16-30(23)41-26)39-45-25-11-9-10-12-32(25)46(39)40(36)49/h9-12,15-19,23-24,41,44H,8,13-14H2,1-7H3/t18-,19+,23-,24+/m1/s1. The van der Waals surface area contributed by atoms with Gasteiger partial charge in [0.1, 0.15) is 0 Å². The Morgan fingerprint density at radius 1 is 0.920 bits per heavy atom. The van der Waals surface area contributed by atoms with Gasteiger partial charge in [-0.2, -0.15) is 0 Å². The Kier molecular flexibility index (Phi) is 7.40. The predicted octanol–water partition coefficient (Wildman–Crippen LogP) is 7.76. The van der Waals surface area contributed by atoms with E-state index in [2.05, 4.69) is 43.7 Å². The molecule has 0 radical (unpaired) electrons. The van der Waals surface area contributed by atoms with Crippen molar-refractivity contribution in [3.05, 3.63) is 92.5 Å². The lowest BCUT2D eigenvalue weighted by Crippen LogP contribution is -2.16. The fraction of sp³-hybridized carbons (Fsp3) is 0.350. The first-order valence-electron chi connectivity index (χ1n) is 17.4. The Morgan fingerprint density at radius 2 is 1.70 bits per heavy atom. The predicted molar refractivity (Wildman–Crippen MR) is 195 cm³/mol. The zero-order valence-corrected chi connectivity index (χ0v) is 29.4. The summed E-state index contributed by atoms with van der Waals surface area (Å²) in [4.78, 5) is 63.1. The summed E-state index contributed by atoms with van der Waals surface area (Å²) in [6.07, 6.45) is 1.52. The van der Waals surface area contributed by atoms with E-state index >= 15 is 0 Å². The molecule has 0 spiro atoms. The number of para-hydroxylation sites is 2. The van der Waals surface area contributed by atoms with Crippen LogP contribution in [0.2, 0.25) is 0 Å². The summed E-state index contributed by atoms with van der Waals surface area (Å²) >= 11 is 0. The summed E-state index contributed by atoms with van der Waals surface area (Å²) in [7, 11) is 1.39. The molecule has 0 amide bonds. The van der Waals surface area contributed by atoms with Gasteiger partial charge in [-0.05, 0) is 75.1 Å². The van der Waals surface area contributed by atoms with Crippen LogP contribution in [0, 0.1) is 6.92 Å². The lowest BCUT2D eigenvalue weighted by molar-refractivity contribution is -0.140. The average Bonchev–Trinajstić information content (AvgIpc) is 3.86. The van der Waals surface area contributed by atoms with Crippen molar-refractivity contribution in [2.24, 2.45) is 0 Å². The Balaban J connectivity index is 1.60. The molecule has 10 nitrogen and oxygen atoms in total. The van der Waals surface area contributed by atoms with Gasteiger partial charge in [0.05, 0.1) is 46.1 Å². The van der Waals surface area contributed by atoms with Gasteiger partial charge in [0, 0.05) is 63.7 Å². The molecule has 7 heterocycles. The van der Waals surface area contributed by atoms with Gasteiger partial charge < -0.3 is 14.7 Å². The average molecular weight is 669 g/mol. The number of allylic oxidation sites excluding steroid dienone is 2.